The summed E-state index contributed by atoms with van der Waals surface area (Å²) in [5.74, 6) is 0.00780. The second-order valence-corrected chi connectivity index (χ2v) is 22.6. The summed E-state index contributed by atoms with van der Waals surface area (Å²) in [4.78, 5) is 34.8. The summed E-state index contributed by atoms with van der Waals surface area (Å²) in [5.41, 5.74) is 3.20. The van der Waals surface area contributed by atoms with E-state index in [0.717, 1.165) is 12.1 Å². The van der Waals surface area contributed by atoms with Gasteiger partial charge in [-0.2, -0.15) is 5.06 Å². The largest absolute Gasteiger partial charge is 0.496 e. The molecule has 294 valence electrons. The van der Waals surface area contributed by atoms with Crippen LogP contribution in [0.3, 0.4) is 0 Å². The maximum absolute atomic E-state index is 14.2. The van der Waals surface area contributed by atoms with E-state index in [-0.39, 0.29) is 41.1 Å². The molecule has 53 heavy (non-hydrogen) atoms. The predicted molar refractivity (Wildman–Crippen MR) is 209 cm³/mol. The number of aliphatic hydroxyl groups is 2. The summed E-state index contributed by atoms with van der Waals surface area (Å²) < 4.78 is 12.4. The first-order valence-corrected chi connectivity index (χ1v) is 22.0. The molecule has 0 spiro atoms. The predicted octanol–water partition coefficient (Wildman–Crippen LogP) is 6.18. The van der Waals surface area contributed by atoms with E-state index in [1.807, 2.05) is 36.2 Å². The number of nitrogens with zero attached hydrogens (tertiary/aromatic N) is 2. The highest BCUT2D eigenvalue weighted by atomic mass is 28.4. The van der Waals surface area contributed by atoms with E-state index in [9.17, 15) is 24.9 Å². The number of benzene rings is 2. The Morgan fingerprint density at radius 3 is 2.43 bits per heavy atom. The molecule has 1 aliphatic heterocycles. The Morgan fingerprint density at radius 1 is 1.17 bits per heavy atom. The Kier molecular flexibility index (Phi) is 12.1. The van der Waals surface area contributed by atoms with Crippen molar-refractivity contribution in [2.24, 2.45) is 29.1 Å². The fraction of sp³-hybridized carbons (Fsp3) is 0.659. The van der Waals surface area contributed by atoms with Crippen molar-refractivity contribution in [2.45, 2.75) is 110 Å². The van der Waals surface area contributed by atoms with Crippen molar-refractivity contribution in [2.75, 3.05) is 38.8 Å². The lowest BCUT2D eigenvalue weighted by atomic mass is 9.45. The number of rotatable bonds is 14. The van der Waals surface area contributed by atoms with Crippen LogP contribution >= 0.6 is 0 Å². The van der Waals surface area contributed by atoms with E-state index in [1.165, 1.54) is 6.42 Å². The van der Waals surface area contributed by atoms with Crippen molar-refractivity contribution >= 4 is 25.9 Å². The number of carboxylic acid groups (broad SMARTS) is 1. The molecule has 4 aliphatic rings. The Balaban J connectivity index is 1.42. The molecular weight excluding hydrogens is 691 g/mol. The van der Waals surface area contributed by atoms with Gasteiger partial charge in [0.25, 0.3) is 0 Å². The minimum atomic E-state index is -1.95. The highest BCUT2D eigenvalue weighted by Gasteiger charge is 2.57. The zero-order chi connectivity index (χ0) is 39.2. The zero-order valence-corrected chi connectivity index (χ0v) is 34.6. The molecule has 0 aromatic heterocycles. The van der Waals surface area contributed by atoms with Gasteiger partial charge < -0.3 is 34.7 Å². The molecule has 0 radical (unpaired) electrons. The lowest BCUT2D eigenvalue weighted by molar-refractivity contribution is -0.183. The van der Waals surface area contributed by atoms with Crippen LogP contribution in [0.2, 0.25) is 18.1 Å². The first-order valence-electron chi connectivity index (χ1n) is 19.1. The number of fused-ring (bicyclic) bond motifs is 2. The van der Waals surface area contributed by atoms with E-state index < -0.39 is 38.5 Å². The van der Waals surface area contributed by atoms with Gasteiger partial charge in [-0.05, 0) is 84.8 Å². The average Bonchev–Trinajstić information content (AvgIpc) is 3.46. The molecule has 6 rings (SSSR count). The zero-order valence-electron chi connectivity index (χ0n) is 33.6. The number of hydrogen-bond donors (Lipinski definition) is 4. The van der Waals surface area contributed by atoms with Gasteiger partial charge >= 0.3 is 5.97 Å². The third-order valence-corrected chi connectivity index (χ3v) is 17.8. The minimum absolute atomic E-state index is 0.0225. The smallest absolute Gasteiger partial charge is 0.335 e. The van der Waals surface area contributed by atoms with E-state index in [1.54, 1.807) is 31.2 Å². The van der Waals surface area contributed by atoms with Gasteiger partial charge in [-0.3, -0.25) is 9.63 Å². The summed E-state index contributed by atoms with van der Waals surface area (Å²) in [7, 11) is 1.54. The average molecular weight is 754 g/mol. The number of carboxylic acids is 1. The highest BCUT2D eigenvalue weighted by molar-refractivity contribution is 6.74. The van der Waals surface area contributed by atoms with Gasteiger partial charge in [0.1, 0.15) is 17.9 Å². The van der Waals surface area contributed by atoms with Gasteiger partial charge in [-0.25, -0.2) is 4.79 Å². The van der Waals surface area contributed by atoms with Gasteiger partial charge in [0.15, 0.2) is 8.32 Å². The van der Waals surface area contributed by atoms with E-state index in [4.69, 9.17) is 14.0 Å². The lowest BCUT2D eigenvalue weighted by Crippen LogP contribution is -2.62. The van der Waals surface area contributed by atoms with Crippen LogP contribution in [0.25, 0.3) is 11.1 Å². The van der Waals surface area contributed by atoms with Crippen molar-refractivity contribution < 1.29 is 38.9 Å². The molecule has 3 aliphatic carbocycles. The Bertz CT molecular complexity index is 1640. The highest BCUT2D eigenvalue weighted by Crippen LogP contribution is 2.61. The number of carbonyl (C=O) groups excluding carboxylic acids is 1. The van der Waals surface area contributed by atoms with Crippen LogP contribution in [0.1, 0.15) is 77.2 Å². The normalized spacial score (nSPS) is 27.5. The molecule has 4 fully saturated rings. The molecule has 1 heterocycles. The van der Waals surface area contributed by atoms with Gasteiger partial charge in [0.05, 0.1) is 38.5 Å². The standard InChI is InChI=1S/C41H63N3O8Si/c1-24-32-20-29(41(32,6)7)21-33(24)42-38(47)36-35(25(2)46)34(23-45)52-44(36)22-26-13-12-14-31(37(26)50-9)27-17-28(39(48)49)19-30(18-27)43(8)15-16-51-53(10,11)40(3,4)5/h12-14,17-19,24-25,29,32-36,45-46H,15-16,20-23H2,1-11H3,(H,42,47)(H,48,49)/t24-,25-,29-,32+,33-,34-,35+,36-/m0/s1. The number of para-hydroxylation sites is 1. The number of anilines is 1. The van der Waals surface area contributed by atoms with Gasteiger partial charge in [0, 0.05) is 42.4 Å². The van der Waals surface area contributed by atoms with Gasteiger partial charge in [0.2, 0.25) is 5.91 Å². The number of aliphatic hydroxyl groups excluding tert-OH is 2. The van der Waals surface area contributed by atoms with Crippen LogP contribution in [0.4, 0.5) is 5.69 Å². The molecule has 12 heteroatoms. The van der Waals surface area contributed by atoms with Crippen LogP contribution in [-0.4, -0.2) is 98.8 Å². The fourth-order valence-corrected chi connectivity index (χ4v) is 9.76. The third kappa shape index (κ3) is 8.18. The van der Waals surface area contributed by atoms with E-state index in [0.29, 0.717) is 53.3 Å². The topological polar surface area (TPSA) is 141 Å². The summed E-state index contributed by atoms with van der Waals surface area (Å²) in [6, 6.07) is 10.1. The van der Waals surface area contributed by atoms with Crippen LogP contribution in [-0.2, 0) is 20.6 Å². The summed E-state index contributed by atoms with van der Waals surface area (Å²) in [6.07, 6.45) is 0.413. The summed E-state index contributed by atoms with van der Waals surface area (Å²) in [6.45, 7) is 20.4. The van der Waals surface area contributed by atoms with Crippen molar-refractivity contribution in [3.8, 4) is 16.9 Å². The Labute approximate surface area is 317 Å². The Morgan fingerprint density at radius 2 is 1.87 bits per heavy atom. The van der Waals surface area contributed by atoms with Crippen molar-refractivity contribution in [1.82, 2.24) is 10.4 Å². The number of carbonyl (C=O) groups is 2. The number of amides is 1. The van der Waals surface area contributed by atoms with Gasteiger partial charge in [-0.15, -0.1) is 0 Å². The molecule has 0 unspecified atom stereocenters. The Hall–Kier alpha value is -3.00. The first-order chi connectivity index (χ1) is 24.7. The molecule has 1 saturated heterocycles. The molecule has 2 aromatic carbocycles. The van der Waals surface area contributed by atoms with Crippen molar-refractivity contribution in [3.63, 3.8) is 0 Å². The fourth-order valence-electron chi connectivity index (χ4n) is 8.72. The van der Waals surface area contributed by atoms with Crippen LogP contribution in [0, 0.1) is 29.1 Å². The maximum Gasteiger partial charge on any atom is 0.335 e. The SMILES string of the molecule is COc1c(CN2O[C@@H](CO)[C@@H]([C@H](C)O)[C@H]2C(=O)N[C@H]2C[C@@H]3C[C@H]([C@@H]2C)C3(C)C)cccc1-c1cc(C(=O)O)cc(N(C)CCO[Si](C)(C)C(C)(C)C)c1. The monoisotopic (exact) mass is 753 g/mol. The van der Waals surface area contributed by atoms with Crippen LogP contribution in [0.5, 0.6) is 5.75 Å². The quantitative estimate of drug-likeness (QED) is 0.166. The van der Waals surface area contributed by atoms with Crippen molar-refractivity contribution in [3.05, 3.63) is 47.5 Å². The first kappa shape index (κ1) is 41.2. The third-order valence-electron chi connectivity index (χ3n) is 13.3. The number of ether oxygens (including phenoxy) is 1. The molecule has 8 atom stereocenters. The minimum Gasteiger partial charge on any atom is -0.496 e. The number of nitrogens with one attached hydrogen (secondary N) is 1. The van der Waals surface area contributed by atoms with E-state index >= 15 is 0 Å². The van der Waals surface area contributed by atoms with Gasteiger partial charge in [-0.1, -0.05) is 59.7 Å². The molecule has 11 nitrogen and oxygen atoms in total. The molecule has 2 bridgehead atoms. The second kappa shape index (κ2) is 15.6. The number of hydroxylamine groups is 2. The number of aromatic carboxylic acids is 1. The van der Waals surface area contributed by atoms with Crippen molar-refractivity contribution in [1.29, 1.82) is 0 Å². The maximum atomic E-state index is 14.2. The molecule has 1 amide bonds. The number of hydrogen-bond acceptors (Lipinski definition) is 9. The molecule has 4 N–H and O–H groups in total. The number of likely N-dealkylation sites (N-methyl/N-ethyl adjacent to an activating group) is 1. The van der Waals surface area contributed by atoms with Crippen LogP contribution < -0.4 is 15.0 Å². The molecular formula is C41H63N3O8Si. The summed E-state index contributed by atoms with van der Waals surface area (Å²) in [5, 5.41) is 36.3. The molecule has 2 aromatic rings. The summed E-state index contributed by atoms with van der Waals surface area (Å²) >= 11 is 0. The lowest BCUT2D eigenvalue weighted by Gasteiger charge is -2.62. The van der Waals surface area contributed by atoms with Crippen LogP contribution in [0.15, 0.2) is 36.4 Å². The number of methoxy groups -OCH3 is 1. The molecule has 3 saturated carbocycles. The second-order valence-electron chi connectivity index (χ2n) is 17.8. The van der Waals surface area contributed by atoms with E-state index in [2.05, 4.69) is 60.0 Å².